The Morgan fingerprint density at radius 3 is 2.56 bits per heavy atom. The summed E-state index contributed by atoms with van der Waals surface area (Å²) in [6.45, 7) is 4.37. The third kappa shape index (κ3) is 3.01. The first-order valence-electron chi connectivity index (χ1n) is 5.30. The molecule has 90 valence electrons. The zero-order valence-corrected chi connectivity index (χ0v) is 11.3. The van der Waals surface area contributed by atoms with Gasteiger partial charge in [0.05, 0.1) is 4.47 Å². The molecule has 0 heterocycles. The summed E-state index contributed by atoms with van der Waals surface area (Å²) in [5.74, 6) is -0.994. The van der Waals surface area contributed by atoms with Crippen molar-refractivity contribution in [1.29, 1.82) is 0 Å². The van der Waals surface area contributed by atoms with Crippen molar-refractivity contribution < 1.29 is 8.78 Å². The van der Waals surface area contributed by atoms with Gasteiger partial charge >= 0.3 is 0 Å². The van der Waals surface area contributed by atoms with E-state index in [2.05, 4.69) is 22.9 Å². The Kier molecular flexibility index (Phi) is 4.87. The molecule has 4 heteroatoms. The summed E-state index contributed by atoms with van der Waals surface area (Å²) in [4.78, 5) is 1.94. The Bertz CT molecular complexity index is 368. The average Bonchev–Trinajstić information content (AvgIpc) is 2.28. The highest BCUT2D eigenvalue weighted by Crippen LogP contribution is 2.23. The van der Waals surface area contributed by atoms with Crippen LogP contribution in [0.3, 0.4) is 0 Å². The normalized spacial score (nSPS) is 13.2. The molecular formula is C12H16BrF2N. The quantitative estimate of drug-likeness (QED) is 0.759. The van der Waals surface area contributed by atoms with Crippen LogP contribution in [0.1, 0.15) is 25.8 Å². The molecule has 1 unspecified atom stereocenters. The second kappa shape index (κ2) is 5.73. The van der Waals surface area contributed by atoms with Crippen molar-refractivity contribution in [3.05, 3.63) is 33.8 Å². The van der Waals surface area contributed by atoms with Gasteiger partial charge in [-0.05, 0) is 48.5 Å². The van der Waals surface area contributed by atoms with Crippen molar-refractivity contribution >= 4 is 15.9 Å². The lowest BCUT2D eigenvalue weighted by molar-refractivity contribution is 0.237. The predicted octanol–water partition coefficient (Wildman–Crippen LogP) is 3.96. The minimum absolute atomic E-state index is 0.122. The smallest absolute Gasteiger partial charge is 0.144 e. The van der Waals surface area contributed by atoms with Crippen molar-refractivity contribution in [3.63, 3.8) is 0 Å². The maximum absolute atomic E-state index is 13.7. The van der Waals surface area contributed by atoms with E-state index >= 15 is 0 Å². The van der Waals surface area contributed by atoms with E-state index in [-0.39, 0.29) is 12.1 Å². The molecule has 1 atom stereocenters. The first-order chi connectivity index (χ1) is 7.47. The Labute approximate surface area is 104 Å². The summed E-state index contributed by atoms with van der Waals surface area (Å²) in [5, 5.41) is 0. The molecule has 0 aliphatic carbocycles. The molecule has 0 spiro atoms. The highest BCUT2D eigenvalue weighted by Gasteiger charge is 2.16. The molecule has 0 bridgehead atoms. The van der Waals surface area contributed by atoms with Crippen LogP contribution in [-0.2, 0) is 6.54 Å². The third-order valence-corrected chi connectivity index (χ3v) is 3.50. The van der Waals surface area contributed by atoms with Gasteiger partial charge in [0, 0.05) is 18.2 Å². The van der Waals surface area contributed by atoms with E-state index in [1.807, 2.05) is 18.9 Å². The van der Waals surface area contributed by atoms with E-state index in [0.717, 1.165) is 6.42 Å². The van der Waals surface area contributed by atoms with Gasteiger partial charge in [-0.1, -0.05) is 6.92 Å². The third-order valence-electron chi connectivity index (χ3n) is 2.89. The molecule has 0 aliphatic heterocycles. The fourth-order valence-electron chi connectivity index (χ4n) is 1.43. The standard InChI is InChI=1S/C12H16BrF2N/c1-4-8(2)16(3)7-9-11(14)6-5-10(13)12(9)15/h5-6,8H,4,7H2,1-3H3. The summed E-state index contributed by atoms with van der Waals surface area (Å²) in [5.41, 5.74) is 0.122. The number of benzene rings is 1. The highest BCUT2D eigenvalue weighted by atomic mass is 79.9. The maximum atomic E-state index is 13.7. The first kappa shape index (κ1) is 13.6. The molecule has 0 N–H and O–H groups in total. The molecule has 0 amide bonds. The Morgan fingerprint density at radius 2 is 2.00 bits per heavy atom. The second-order valence-electron chi connectivity index (χ2n) is 3.99. The Balaban J connectivity index is 2.92. The Morgan fingerprint density at radius 1 is 1.38 bits per heavy atom. The Hall–Kier alpha value is -0.480. The van der Waals surface area contributed by atoms with Crippen LogP contribution < -0.4 is 0 Å². The zero-order chi connectivity index (χ0) is 12.3. The summed E-state index contributed by atoms with van der Waals surface area (Å²) < 4.78 is 27.5. The lowest BCUT2D eigenvalue weighted by Crippen LogP contribution is -2.28. The van der Waals surface area contributed by atoms with Gasteiger partial charge in [0.25, 0.3) is 0 Å². The SMILES string of the molecule is CCC(C)N(C)Cc1c(F)ccc(Br)c1F. The van der Waals surface area contributed by atoms with Crippen LogP contribution in [0.4, 0.5) is 8.78 Å². The molecule has 0 aliphatic rings. The molecule has 1 aromatic rings. The van der Waals surface area contributed by atoms with Crippen molar-refractivity contribution in [3.8, 4) is 0 Å². The molecule has 0 saturated carbocycles. The van der Waals surface area contributed by atoms with Gasteiger partial charge < -0.3 is 0 Å². The van der Waals surface area contributed by atoms with E-state index in [4.69, 9.17) is 0 Å². The van der Waals surface area contributed by atoms with Crippen LogP contribution in [0, 0.1) is 11.6 Å². The van der Waals surface area contributed by atoms with Crippen LogP contribution in [0.2, 0.25) is 0 Å². The zero-order valence-electron chi connectivity index (χ0n) is 9.73. The van der Waals surface area contributed by atoms with Gasteiger partial charge in [0.15, 0.2) is 0 Å². The van der Waals surface area contributed by atoms with Crippen molar-refractivity contribution in [1.82, 2.24) is 4.90 Å². The van der Waals surface area contributed by atoms with Gasteiger partial charge in [-0.25, -0.2) is 8.78 Å². The molecule has 1 nitrogen and oxygen atoms in total. The van der Waals surface area contributed by atoms with Gasteiger partial charge in [-0.15, -0.1) is 0 Å². The van der Waals surface area contributed by atoms with Crippen LogP contribution in [0.15, 0.2) is 16.6 Å². The minimum atomic E-state index is -0.504. The summed E-state index contributed by atoms with van der Waals surface area (Å²) >= 11 is 3.06. The molecule has 1 rings (SSSR count). The molecule has 16 heavy (non-hydrogen) atoms. The summed E-state index contributed by atoms with van der Waals surface area (Å²) in [6.07, 6.45) is 0.952. The van der Waals surface area contributed by atoms with Crippen LogP contribution >= 0.6 is 15.9 Å². The lowest BCUT2D eigenvalue weighted by atomic mass is 10.1. The van der Waals surface area contributed by atoms with E-state index in [9.17, 15) is 8.78 Å². The van der Waals surface area contributed by atoms with Crippen LogP contribution in [0.5, 0.6) is 0 Å². The second-order valence-corrected chi connectivity index (χ2v) is 4.85. The molecule has 0 radical (unpaired) electrons. The van der Waals surface area contributed by atoms with E-state index in [1.165, 1.54) is 12.1 Å². The van der Waals surface area contributed by atoms with Gasteiger partial charge in [0.1, 0.15) is 11.6 Å². The topological polar surface area (TPSA) is 3.24 Å². The highest BCUT2D eigenvalue weighted by molar-refractivity contribution is 9.10. The molecule has 1 aromatic carbocycles. The molecule has 0 saturated heterocycles. The van der Waals surface area contributed by atoms with E-state index < -0.39 is 11.6 Å². The number of hydrogen-bond donors (Lipinski definition) is 0. The fourth-order valence-corrected chi connectivity index (χ4v) is 1.80. The number of halogens is 3. The molecular weight excluding hydrogens is 276 g/mol. The van der Waals surface area contributed by atoms with Gasteiger partial charge in [-0.3, -0.25) is 4.90 Å². The molecule has 0 fully saturated rings. The largest absolute Gasteiger partial charge is 0.299 e. The van der Waals surface area contributed by atoms with Crippen molar-refractivity contribution in [2.45, 2.75) is 32.9 Å². The molecule has 0 aromatic heterocycles. The maximum Gasteiger partial charge on any atom is 0.144 e. The van der Waals surface area contributed by atoms with Crippen LogP contribution in [0.25, 0.3) is 0 Å². The monoisotopic (exact) mass is 291 g/mol. The van der Waals surface area contributed by atoms with Crippen LogP contribution in [-0.4, -0.2) is 18.0 Å². The van der Waals surface area contributed by atoms with Gasteiger partial charge in [-0.2, -0.15) is 0 Å². The van der Waals surface area contributed by atoms with Crippen molar-refractivity contribution in [2.75, 3.05) is 7.05 Å². The summed E-state index contributed by atoms with van der Waals surface area (Å²) in [7, 11) is 1.87. The van der Waals surface area contributed by atoms with E-state index in [0.29, 0.717) is 10.5 Å². The first-order valence-corrected chi connectivity index (χ1v) is 6.09. The summed E-state index contributed by atoms with van der Waals surface area (Å²) in [6, 6.07) is 2.97. The minimum Gasteiger partial charge on any atom is -0.299 e. The average molecular weight is 292 g/mol. The lowest BCUT2D eigenvalue weighted by Gasteiger charge is -2.24. The fraction of sp³-hybridized carbons (Fsp3) is 0.500. The van der Waals surface area contributed by atoms with Gasteiger partial charge in [0.2, 0.25) is 0 Å². The number of nitrogens with zero attached hydrogens (tertiary/aromatic N) is 1. The number of rotatable bonds is 4. The van der Waals surface area contributed by atoms with Crippen molar-refractivity contribution in [2.24, 2.45) is 0 Å². The predicted molar refractivity (Wildman–Crippen MR) is 65.3 cm³/mol. The number of hydrogen-bond acceptors (Lipinski definition) is 1. The van der Waals surface area contributed by atoms with E-state index in [1.54, 1.807) is 0 Å².